The highest BCUT2D eigenvalue weighted by molar-refractivity contribution is 7.14. The normalized spacial score (nSPS) is 16.2. The van der Waals surface area contributed by atoms with Gasteiger partial charge in [-0.25, -0.2) is 4.98 Å². The van der Waals surface area contributed by atoms with Crippen molar-refractivity contribution in [3.63, 3.8) is 0 Å². The molecule has 1 fully saturated rings. The molecule has 3 aromatic rings. The monoisotopic (exact) mass is 326 g/mol. The predicted molar refractivity (Wildman–Crippen MR) is 90.4 cm³/mol. The van der Waals surface area contributed by atoms with Crippen LogP contribution in [0.15, 0.2) is 42.9 Å². The summed E-state index contributed by atoms with van der Waals surface area (Å²) in [5.41, 5.74) is 8.03. The molecule has 3 aromatic heterocycles. The number of amides is 1. The quantitative estimate of drug-likeness (QED) is 0.774. The molecule has 0 spiro atoms. The fourth-order valence-electron chi connectivity index (χ4n) is 2.86. The van der Waals surface area contributed by atoms with Crippen LogP contribution in [-0.4, -0.2) is 15.3 Å². The van der Waals surface area contributed by atoms with Gasteiger partial charge in [0.2, 0.25) is 0 Å². The largest absolute Gasteiger partial charge is 0.347 e. The number of nitrogens with zero attached hydrogens (tertiary/aromatic N) is 2. The number of carbonyl (C=O) groups excluding carboxylic acids is 1. The number of nitrogens with one attached hydrogen (secondary N) is 1. The third-order valence-corrected chi connectivity index (χ3v) is 5.79. The first-order valence-electron chi connectivity index (χ1n) is 7.73. The zero-order valence-electron chi connectivity index (χ0n) is 12.7. The van der Waals surface area contributed by atoms with Gasteiger partial charge >= 0.3 is 0 Å². The van der Waals surface area contributed by atoms with E-state index < -0.39 is 0 Å². The standard InChI is InChI=1S/C17H18N4OS/c18-17(5-1-6-17)14-3-2-13(23-14)16(22)20-11-12-4-8-21-9-7-19-15(21)10-12/h2-4,7-10H,1,5-6,11,18H2,(H,20,22). The molecule has 0 bridgehead atoms. The molecule has 1 aliphatic rings. The Morgan fingerprint density at radius 3 is 3.00 bits per heavy atom. The molecular formula is C17H18N4OS. The van der Waals surface area contributed by atoms with Crippen LogP contribution in [0.25, 0.3) is 5.65 Å². The molecule has 3 heterocycles. The van der Waals surface area contributed by atoms with E-state index in [0.29, 0.717) is 6.54 Å². The maximum atomic E-state index is 12.3. The average Bonchev–Trinajstić information content (AvgIpc) is 3.18. The van der Waals surface area contributed by atoms with E-state index in [4.69, 9.17) is 5.73 Å². The Labute approximate surface area is 138 Å². The van der Waals surface area contributed by atoms with E-state index in [1.165, 1.54) is 17.8 Å². The molecule has 23 heavy (non-hydrogen) atoms. The van der Waals surface area contributed by atoms with Crippen LogP contribution in [0.3, 0.4) is 0 Å². The van der Waals surface area contributed by atoms with Crippen molar-refractivity contribution in [1.29, 1.82) is 0 Å². The van der Waals surface area contributed by atoms with Crippen LogP contribution in [0.2, 0.25) is 0 Å². The van der Waals surface area contributed by atoms with E-state index in [1.807, 2.05) is 41.1 Å². The van der Waals surface area contributed by atoms with Gasteiger partial charge in [-0.1, -0.05) is 0 Å². The van der Waals surface area contributed by atoms with Gasteiger partial charge in [-0.15, -0.1) is 11.3 Å². The summed E-state index contributed by atoms with van der Waals surface area (Å²) in [4.78, 5) is 18.4. The van der Waals surface area contributed by atoms with Gasteiger partial charge in [0.25, 0.3) is 5.91 Å². The molecule has 0 aliphatic heterocycles. The van der Waals surface area contributed by atoms with Gasteiger partial charge in [0, 0.05) is 30.0 Å². The number of fused-ring (bicyclic) bond motifs is 1. The number of imidazole rings is 1. The summed E-state index contributed by atoms with van der Waals surface area (Å²) in [5.74, 6) is -0.0487. The van der Waals surface area contributed by atoms with Crippen molar-refractivity contribution in [2.24, 2.45) is 5.73 Å². The van der Waals surface area contributed by atoms with E-state index in [-0.39, 0.29) is 11.4 Å². The van der Waals surface area contributed by atoms with E-state index in [9.17, 15) is 4.79 Å². The number of hydrogen-bond acceptors (Lipinski definition) is 4. The van der Waals surface area contributed by atoms with Crippen LogP contribution in [0.5, 0.6) is 0 Å². The van der Waals surface area contributed by atoms with E-state index in [1.54, 1.807) is 6.20 Å². The zero-order chi connectivity index (χ0) is 15.9. The minimum atomic E-state index is -0.199. The lowest BCUT2D eigenvalue weighted by Crippen LogP contribution is -2.42. The van der Waals surface area contributed by atoms with Gasteiger partial charge in [-0.2, -0.15) is 0 Å². The Kier molecular flexibility index (Phi) is 3.43. The van der Waals surface area contributed by atoms with Crippen LogP contribution < -0.4 is 11.1 Å². The zero-order valence-corrected chi connectivity index (χ0v) is 13.5. The molecule has 0 saturated heterocycles. The fraction of sp³-hybridized carbons (Fsp3) is 0.294. The molecule has 0 unspecified atom stereocenters. The smallest absolute Gasteiger partial charge is 0.261 e. The summed E-state index contributed by atoms with van der Waals surface area (Å²) >= 11 is 1.51. The van der Waals surface area contributed by atoms with Crippen molar-refractivity contribution in [3.8, 4) is 0 Å². The van der Waals surface area contributed by atoms with E-state index in [0.717, 1.165) is 33.8 Å². The molecule has 118 valence electrons. The molecule has 1 saturated carbocycles. The van der Waals surface area contributed by atoms with Crippen LogP contribution in [-0.2, 0) is 12.1 Å². The van der Waals surface area contributed by atoms with Crippen LogP contribution >= 0.6 is 11.3 Å². The lowest BCUT2D eigenvalue weighted by molar-refractivity contribution is 0.0955. The highest BCUT2D eigenvalue weighted by Gasteiger charge is 2.35. The molecule has 5 nitrogen and oxygen atoms in total. The molecule has 4 rings (SSSR count). The van der Waals surface area contributed by atoms with Crippen molar-refractivity contribution in [2.45, 2.75) is 31.3 Å². The topological polar surface area (TPSA) is 72.4 Å². The number of carbonyl (C=O) groups is 1. The second kappa shape index (κ2) is 5.47. The van der Waals surface area contributed by atoms with Crippen molar-refractivity contribution in [1.82, 2.24) is 14.7 Å². The van der Waals surface area contributed by atoms with Gasteiger partial charge in [0.15, 0.2) is 0 Å². The summed E-state index contributed by atoms with van der Waals surface area (Å²) < 4.78 is 1.94. The number of thiophene rings is 1. The minimum absolute atomic E-state index is 0.0487. The summed E-state index contributed by atoms with van der Waals surface area (Å²) in [6, 6.07) is 7.83. The third kappa shape index (κ3) is 2.64. The van der Waals surface area contributed by atoms with Crippen molar-refractivity contribution >= 4 is 22.9 Å². The number of nitrogens with two attached hydrogens (primary N) is 1. The van der Waals surface area contributed by atoms with Gasteiger partial charge < -0.3 is 15.5 Å². The number of pyridine rings is 1. The first-order chi connectivity index (χ1) is 11.1. The first-order valence-corrected chi connectivity index (χ1v) is 8.55. The van der Waals surface area contributed by atoms with E-state index in [2.05, 4.69) is 10.3 Å². The molecule has 3 N–H and O–H groups in total. The van der Waals surface area contributed by atoms with Crippen molar-refractivity contribution in [2.75, 3.05) is 0 Å². The second-order valence-corrected chi connectivity index (χ2v) is 7.17. The maximum absolute atomic E-state index is 12.3. The number of hydrogen-bond donors (Lipinski definition) is 2. The molecule has 1 aliphatic carbocycles. The van der Waals surface area contributed by atoms with Crippen LogP contribution in [0, 0.1) is 0 Å². The lowest BCUT2D eigenvalue weighted by Gasteiger charge is -2.37. The Hall–Kier alpha value is -2.18. The summed E-state index contributed by atoms with van der Waals surface area (Å²) in [6.45, 7) is 0.489. The Bertz CT molecular complexity index is 862. The number of rotatable bonds is 4. The highest BCUT2D eigenvalue weighted by Crippen LogP contribution is 2.41. The molecule has 0 aromatic carbocycles. The van der Waals surface area contributed by atoms with Crippen molar-refractivity contribution in [3.05, 3.63) is 58.2 Å². The number of aromatic nitrogens is 2. The van der Waals surface area contributed by atoms with Crippen molar-refractivity contribution < 1.29 is 4.79 Å². The summed E-state index contributed by atoms with van der Waals surface area (Å²) in [7, 11) is 0. The molecule has 0 radical (unpaired) electrons. The molecule has 6 heteroatoms. The molecule has 1 amide bonds. The predicted octanol–water partition coefficient (Wildman–Crippen LogP) is 2.66. The van der Waals surface area contributed by atoms with Gasteiger partial charge in [-0.05, 0) is 49.1 Å². The maximum Gasteiger partial charge on any atom is 0.261 e. The fourth-order valence-corrected chi connectivity index (χ4v) is 3.94. The lowest BCUT2D eigenvalue weighted by atomic mass is 9.77. The molecule has 0 atom stereocenters. The first kappa shape index (κ1) is 14.4. The Balaban J connectivity index is 1.43. The van der Waals surface area contributed by atoms with Crippen LogP contribution in [0.4, 0.5) is 0 Å². The average molecular weight is 326 g/mol. The Morgan fingerprint density at radius 2 is 2.22 bits per heavy atom. The Morgan fingerprint density at radius 1 is 1.35 bits per heavy atom. The highest BCUT2D eigenvalue weighted by atomic mass is 32.1. The SMILES string of the molecule is NC1(c2ccc(C(=O)NCc3ccn4ccnc4c3)s2)CCC1. The van der Waals surface area contributed by atoms with Gasteiger partial charge in [0.1, 0.15) is 5.65 Å². The minimum Gasteiger partial charge on any atom is -0.347 e. The van der Waals surface area contributed by atoms with Gasteiger partial charge in [-0.3, -0.25) is 4.79 Å². The second-order valence-electron chi connectivity index (χ2n) is 6.08. The summed E-state index contributed by atoms with van der Waals surface area (Å²) in [6.07, 6.45) is 8.80. The van der Waals surface area contributed by atoms with Crippen LogP contribution in [0.1, 0.15) is 39.4 Å². The van der Waals surface area contributed by atoms with Gasteiger partial charge in [0.05, 0.1) is 10.4 Å². The molecular weight excluding hydrogens is 308 g/mol. The summed E-state index contributed by atoms with van der Waals surface area (Å²) in [5, 5.41) is 2.97. The van der Waals surface area contributed by atoms with E-state index >= 15 is 0 Å². The third-order valence-electron chi connectivity index (χ3n) is 4.48.